The molecule has 208 valence electrons. The molecule has 0 radical (unpaired) electrons. The molecule has 0 fully saturated rings. The molecule has 9 aromatic rings. The zero-order valence-corrected chi connectivity index (χ0v) is 23.8. The van der Waals surface area contributed by atoms with Gasteiger partial charge in [0.1, 0.15) is 17.2 Å². The van der Waals surface area contributed by atoms with Crippen LogP contribution in [0.5, 0.6) is 0 Å². The number of aromatic nitrogens is 4. The van der Waals surface area contributed by atoms with E-state index in [1.165, 1.54) is 32.9 Å². The molecule has 0 aliphatic rings. The van der Waals surface area contributed by atoms with E-state index in [1.54, 1.807) is 6.26 Å². The van der Waals surface area contributed by atoms with E-state index in [9.17, 15) is 0 Å². The van der Waals surface area contributed by atoms with Gasteiger partial charge in [-0.05, 0) is 78.2 Å². The first-order valence-corrected chi connectivity index (χ1v) is 14.8. The van der Waals surface area contributed by atoms with Crippen molar-refractivity contribution in [2.45, 2.75) is 6.42 Å². The molecule has 0 N–H and O–H groups in total. The Balaban J connectivity index is 1.14. The van der Waals surface area contributed by atoms with E-state index in [0.717, 1.165) is 45.6 Å². The molecule has 0 unspecified atom stereocenters. The van der Waals surface area contributed by atoms with Crippen LogP contribution in [0.1, 0.15) is 11.1 Å². The van der Waals surface area contributed by atoms with Crippen LogP contribution >= 0.6 is 0 Å². The third-order valence-corrected chi connectivity index (χ3v) is 8.56. The minimum Gasteiger partial charge on any atom is -0.463 e. The number of para-hydroxylation sites is 4. The van der Waals surface area contributed by atoms with Crippen molar-refractivity contribution in [2.24, 2.45) is 0 Å². The molecular weight excluding hydrogens is 540 g/mol. The van der Waals surface area contributed by atoms with Gasteiger partial charge in [0.05, 0.1) is 23.5 Å². The van der Waals surface area contributed by atoms with Crippen LogP contribution in [0.3, 0.4) is 0 Å². The van der Waals surface area contributed by atoms with Crippen molar-refractivity contribution in [3.63, 3.8) is 0 Å². The van der Waals surface area contributed by atoms with E-state index in [4.69, 9.17) is 9.40 Å². The molecule has 0 saturated heterocycles. The lowest BCUT2D eigenvalue weighted by Gasteiger charge is -2.09. The van der Waals surface area contributed by atoms with Crippen LogP contribution in [0.15, 0.2) is 157 Å². The zero-order valence-electron chi connectivity index (χ0n) is 23.8. The van der Waals surface area contributed by atoms with Gasteiger partial charge in [-0.2, -0.15) is 9.13 Å². The fourth-order valence-electron chi connectivity index (χ4n) is 6.51. The molecular formula is C39H27N4O+. The van der Waals surface area contributed by atoms with Gasteiger partial charge in [0.15, 0.2) is 16.6 Å². The quantitative estimate of drug-likeness (QED) is 0.195. The summed E-state index contributed by atoms with van der Waals surface area (Å²) in [5.74, 6) is 0.885. The molecule has 0 spiro atoms. The van der Waals surface area contributed by atoms with Crippen LogP contribution in [0.25, 0.3) is 61.0 Å². The number of nitrogens with zero attached hydrogens (tertiary/aromatic N) is 4. The van der Waals surface area contributed by atoms with Crippen LogP contribution in [-0.4, -0.2) is 14.1 Å². The standard InChI is InChI=1S/C39H27N4O/c1-2-10-30(11-3-1)41-26-42(36-16-7-6-15-35(36)41)31-12-8-9-27(22-31)21-28-17-18-33-32-13-4-5-14-34(32)43(37(33)23-28)39-24-29-19-20-44-38(29)25-40-39/h1-20,22-26H,21H2/q+1. The molecule has 0 aliphatic heterocycles. The second-order valence-electron chi connectivity index (χ2n) is 11.2. The first-order chi connectivity index (χ1) is 21.8. The molecule has 9 rings (SSSR count). The molecule has 5 heteroatoms. The van der Waals surface area contributed by atoms with Gasteiger partial charge in [-0.1, -0.05) is 72.8 Å². The molecule has 0 aliphatic carbocycles. The lowest BCUT2D eigenvalue weighted by atomic mass is 10.0. The average Bonchev–Trinajstić information content (AvgIpc) is 3.79. The third kappa shape index (κ3) is 3.94. The maximum Gasteiger partial charge on any atom is 0.255 e. The van der Waals surface area contributed by atoms with Crippen molar-refractivity contribution in [3.8, 4) is 17.2 Å². The van der Waals surface area contributed by atoms with Crippen molar-refractivity contribution in [3.05, 3.63) is 163 Å². The number of hydrogen-bond donors (Lipinski definition) is 0. The summed E-state index contributed by atoms with van der Waals surface area (Å²) < 4.78 is 12.4. The summed E-state index contributed by atoms with van der Waals surface area (Å²) in [6, 6.07) is 47.4. The Kier molecular flexibility index (Phi) is 5.50. The van der Waals surface area contributed by atoms with Crippen LogP contribution in [0.2, 0.25) is 0 Å². The number of fused-ring (bicyclic) bond motifs is 5. The van der Waals surface area contributed by atoms with Gasteiger partial charge < -0.3 is 4.42 Å². The lowest BCUT2D eigenvalue weighted by molar-refractivity contribution is -0.567. The van der Waals surface area contributed by atoms with Crippen LogP contribution in [0, 0.1) is 0 Å². The molecule has 4 heterocycles. The summed E-state index contributed by atoms with van der Waals surface area (Å²) in [6.45, 7) is 0. The number of imidazole rings is 1. The monoisotopic (exact) mass is 567 g/mol. The maximum atomic E-state index is 5.56. The van der Waals surface area contributed by atoms with Gasteiger partial charge >= 0.3 is 0 Å². The van der Waals surface area contributed by atoms with Crippen molar-refractivity contribution in [1.82, 2.24) is 14.1 Å². The largest absolute Gasteiger partial charge is 0.463 e. The topological polar surface area (TPSA) is 39.8 Å². The summed E-state index contributed by atoms with van der Waals surface area (Å²) in [5, 5.41) is 3.48. The van der Waals surface area contributed by atoms with E-state index in [0.29, 0.717) is 0 Å². The highest BCUT2D eigenvalue weighted by Gasteiger charge is 2.19. The summed E-state index contributed by atoms with van der Waals surface area (Å²) in [6.07, 6.45) is 6.53. The predicted molar refractivity (Wildman–Crippen MR) is 176 cm³/mol. The predicted octanol–water partition coefficient (Wildman–Crippen LogP) is 8.74. The lowest BCUT2D eigenvalue weighted by Crippen LogP contribution is -2.28. The first kappa shape index (κ1) is 24.6. The van der Waals surface area contributed by atoms with Crippen molar-refractivity contribution in [2.75, 3.05) is 0 Å². The fraction of sp³-hybridized carbons (Fsp3) is 0.0256. The SMILES string of the molecule is c1ccc(-[n+]2cn(-c3cccc(Cc4ccc5c6ccccc6n(-c6cc7ccoc7cn6)c5c4)c3)c3ccccc32)cc1. The van der Waals surface area contributed by atoms with Crippen LogP contribution in [-0.2, 0) is 6.42 Å². The summed E-state index contributed by atoms with van der Waals surface area (Å²) in [5.41, 5.74) is 10.2. The minimum atomic E-state index is 0.792. The van der Waals surface area contributed by atoms with E-state index >= 15 is 0 Å². The number of hydrogen-bond acceptors (Lipinski definition) is 2. The zero-order chi connectivity index (χ0) is 29.0. The van der Waals surface area contributed by atoms with E-state index in [1.807, 2.05) is 12.3 Å². The van der Waals surface area contributed by atoms with Crippen molar-refractivity contribution < 1.29 is 8.98 Å². The molecule has 44 heavy (non-hydrogen) atoms. The second kappa shape index (κ2) is 9.82. The van der Waals surface area contributed by atoms with E-state index < -0.39 is 0 Å². The van der Waals surface area contributed by atoms with Crippen LogP contribution < -0.4 is 4.57 Å². The maximum absolute atomic E-state index is 5.56. The Morgan fingerprint density at radius 1 is 0.636 bits per heavy atom. The van der Waals surface area contributed by atoms with Crippen molar-refractivity contribution >= 4 is 43.8 Å². The van der Waals surface area contributed by atoms with Gasteiger partial charge in [-0.15, -0.1) is 0 Å². The number of benzene rings is 5. The Hall–Kier alpha value is -5.94. The molecule has 4 aromatic heterocycles. The highest BCUT2D eigenvalue weighted by atomic mass is 16.3. The highest BCUT2D eigenvalue weighted by Crippen LogP contribution is 2.33. The van der Waals surface area contributed by atoms with Gasteiger partial charge in [0, 0.05) is 16.2 Å². The Bertz CT molecular complexity index is 2480. The third-order valence-electron chi connectivity index (χ3n) is 8.56. The number of rotatable bonds is 5. The van der Waals surface area contributed by atoms with Crippen molar-refractivity contribution in [1.29, 1.82) is 0 Å². The Labute approximate surface area is 253 Å². The summed E-state index contributed by atoms with van der Waals surface area (Å²) >= 11 is 0. The normalized spacial score (nSPS) is 11.7. The van der Waals surface area contributed by atoms with Gasteiger partial charge in [-0.25, -0.2) is 4.98 Å². The fourth-order valence-corrected chi connectivity index (χ4v) is 6.51. The van der Waals surface area contributed by atoms with Gasteiger partial charge in [0.25, 0.3) is 6.33 Å². The van der Waals surface area contributed by atoms with E-state index in [2.05, 4.69) is 147 Å². The molecule has 0 atom stereocenters. The molecule has 5 aromatic carbocycles. The molecule has 0 saturated carbocycles. The highest BCUT2D eigenvalue weighted by molar-refractivity contribution is 6.09. The van der Waals surface area contributed by atoms with Crippen LogP contribution in [0.4, 0.5) is 0 Å². The first-order valence-electron chi connectivity index (χ1n) is 14.8. The average molecular weight is 568 g/mol. The number of furan rings is 1. The smallest absolute Gasteiger partial charge is 0.255 e. The molecule has 0 bridgehead atoms. The second-order valence-corrected chi connectivity index (χ2v) is 11.2. The van der Waals surface area contributed by atoms with E-state index in [-0.39, 0.29) is 0 Å². The molecule has 0 amide bonds. The Morgan fingerprint density at radius 3 is 2.36 bits per heavy atom. The van der Waals surface area contributed by atoms with Gasteiger partial charge in [-0.3, -0.25) is 4.57 Å². The summed E-state index contributed by atoms with van der Waals surface area (Å²) in [4.78, 5) is 4.79. The minimum absolute atomic E-state index is 0.792. The number of pyridine rings is 1. The Morgan fingerprint density at radius 2 is 1.43 bits per heavy atom. The van der Waals surface area contributed by atoms with Gasteiger partial charge in [0.2, 0.25) is 0 Å². The summed E-state index contributed by atoms with van der Waals surface area (Å²) in [7, 11) is 0. The molecule has 5 nitrogen and oxygen atoms in total.